The molecule has 2 heterocycles. The zero-order chi connectivity index (χ0) is 11.4. The normalized spacial score (nSPS) is 27.1. The molecule has 0 radical (unpaired) electrons. The first-order valence-electron chi connectivity index (χ1n) is 6.19. The molecule has 2 atom stereocenters. The molecule has 90 valence electrons. The Kier molecular flexibility index (Phi) is 3.96. The lowest BCUT2D eigenvalue weighted by atomic mass is 9.87. The summed E-state index contributed by atoms with van der Waals surface area (Å²) in [4.78, 5) is 2.51. The van der Waals surface area contributed by atoms with Crippen molar-refractivity contribution in [2.75, 3.05) is 26.2 Å². The van der Waals surface area contributed by atoms with Gasteiger partial charge in [-0.15, -0.1) is 0 Å². The molecule has 0 aliphatic carbocycles. The fourth-order valence-corrected chi connectivity index (χ4v) is 2.41. The van der Waals surface area contributed by atoms with Crippen molar-refractivity contribution < 1.29 is 0 Å². The van der Waals surface area contributed by atoms with Gasteiger partial charge < -0.3 is 10.6 Å². The molecule has 1 aromatic rings. The van der Waals surface area contributed by atoms with E-state index in [-0.39, 0.29) is 0 Å². The molecule has 16 heavy (non-hydrogen) atoms. The molecule has 0 bridgehead atoms. The van der Waals surface area contributed by atoms with Crippen molar-refractivity contribution in [2.45, 2.75) is 19.9 Å². The monoisotopic (exact) mass is 222 g/mol. The number of hydrogen-bond donors (Lipinski definition) is 1. The number of nitrogens with two attached hydrogens (primary N) is 1. The molecule has 2 rings (SSSR count). The van der Waals surface area contributed by atoms with Gasteiger partial charge in [-0.05, 0) is 37.4 Å². The van der Waals surface area contributed by atoms with Gasteiger partial charge in [-0.25, -0.2) is 0 Å². The quantitative estimate of drug-likeness (QED) is 0.819. The Hall–Kier alpha value is -0.870. The summed E-state index contributed by atoms with van der Waals surface area (Å²) in [6, 6.07) is 1.97. The molecule has 2 unspecified atom stereocenters. The van der Waals surface area contributed by atoms with E-state index < -0.39 is 0 Å². The first kappa shape index (κ1) is 11.6. The Bertz CT molecular complexity index is 296. The molecule has 1 aliphatic rings. The number of hydrogen-bond acceptors (Lipinski definition) is 3. The molecule has 1 aliphatic heterocycles. The first-order valence-corrected chi connectivity index (χ1v) is 6.19. The van der Waals surface area contributed by atoms with Crippen molar-refractivity contribution in [1.82, 2.24) is 14.7 Å². The van der Waals surface area contributed by atoms with Crippen LogP contribution in [0.5, 0.6) is 0 Å². The van der Waals surface area contributed by atoms with E-state index in [9.17, 15) is 0 Å². The Morgan fingerprint density at radius 2 is 2.31 bits per heavy atom. The van der Waals surface area contributed by atoms with E-state index in [1.807, 2.05) is 23.1 Å². The Balaban J connectivity index is 1.78. The highest BCUT2D eigenvalue weighted by atomic mass is 15.3. The van der Waals surface area contributed by atoms with Crippen LogP contribution in [0, 0.1) is 11.8 Å². The topological polar surface area (TPSA) is 47.1 Å². The summed E-state index contributed by atoms with van der Waals surface area (Å²) in [5.41, 5.74) is 5.80. The maximum atomic E-state index is 5.80. The molecule has 0 amide bonds. The van der Waals surface area contributed by atoms with Gasteiger partial charge in [0, 0.05) is 25.5 Å². The van der Waals surface area contributed by atoms with Gasteiger partial charge in [-0.1, -0.05) is 6.92 Å². The first-order chi connectivity index (χ1) is 7.79. The largest absolute Gasteiger partial charge is 0.330 e. The van der Waals surface area contributed by atoms with E-state index in [2.05, 4.69) is 16.9 Å². The second-order valence-electron chi connectivity index (χ2n) is 4.83. The summed E-state index contributed by atoms with van der Waals surface area (Å²) >= 11 is 0. The highest BCUT2D eigenvalue weighted by Crippen LogP contribution is 2.21. The second-order valence-corrected chi connectivity index (χ2v) is 4.83. The van der Waals surface area contributed by atoms with Crippen molar-refractivity contribution in [3.63, 3.8) is 0 Å². The second kappa shape index (κ2) is 5.46. The highest BCUT2D eigenvalue weighted by Gasteiger charge is 2.24. The average Bonchev–Trinajstić information content (AvgIpc) is 2.81. The van der Waals surface area contributed by atoms with Crippen LogP contribution in [0.15, 0.2) is 18.5 Å². The zero-order valence-corrected chi connectivity index (χ0v) is 10.0. The van der Waals surface area contributed by atoms with Gasteiger partial charge in [-0.2, -0.15) is 5.10 Å². The molecule has 4 nitrogen and oxygen atoms in total. The maximum Gasteiger partial charge on any atom is 0.0536 e. The van der Waals surface area contributed by atoms with Gasteiger partial charge in [-0.3, -0.25) is 4.68 Å². The third-order valence-electron chi connectivity index (χ3n) is 3.71. The van der Waals surface area contributed by atoms with Crippen LogP contribution in [0.25, 0.3) is 0 Å². The lowest BCUT2D eigenvalue weighted by molar-refractivity contribution is 0.127. The van der Waals surface area contributed by atoms with Crippen LogP contribution in [0.2, 0.25) is 0 Å². The fourth-order valence-electron chi connectivity index (χ4n) is 2.41. The third kappa shape index (κ3) is 2.83. The van der Waals surface area contributed by atoms with Crippen LogP contribution in [0.4, 0.5) is 0 Å². The van der Waals surface area contributed by atoms with Crippen molar-refractivity contribution >= 4 is 0 Å². The van der Waals surface area contributed by atoms with Gasteiger partial charge in [0.05, 0.1) is 6.54 Å². The SMILES string of the molecule is CC1CCN(CCn2cccn2)CC1CN. The highest BCUT2D eigenvalue weighted by molar-refractivity contribution is 4.80. The minimum Gasteiger partial charge on any atom is -0.330 e. The van der Waals surface area contributed by atoms with E-state index in [0.717, 1.165) is 32.1 Å². The number of aromatic nitrogens is 2. The summed E-state index contributed by atoms with van der Waals surface area (Å²) in [5, 5.41) is 4.22. The molecule has 0 saturated carbocycles. The lowest BCUT2D eigenvalue weighted by Crippen LogP contribution is -2.43. The van der Waals surface area contributed by atoms with Crippen LogP contribution >= 0.6 is 0 Å². The standard InChI is InChI=1S/C12H22N4/c1-11-3-6-15(10-12(11)9-13)7-8-16-5-2-4-14-16/h2,4-5,11-12H,3,6-10,13H2,1H3. The summed E-state index contributed by atoms with van der Waals surface area (Å²) in [6.07, 6.45) is 5.13. The molecular formula is C12H22N4. The van der Waals surface area contributed by atoms with Gasteiger partial charge in [0.1, 0.15) is 0 Å². The molecule has 1 aromatic heterocycles. The molecule has 0 aromatic carbocycles. The summed E-state index contributed by atoms with van der Waals surface area (Å²) in [7, 11) is 0. The Labute approximate surface area is 97.4 Å². The van der Waals surface area contributed by atoms with Crippen molar-refractivity contribution in [2.24, 2.45) is 17.6 Å². The van der Waals surface area contributed by atoms with Crippen molar-refractivity contribution in [1.29, 1.82) is 0 Å². The smallest absolute Gasteiger partial charge is 0.0536 e. The van der Waals surface area contributed by atoms with Gasteiger partial charge in [0.2, 0.25) is 0 Å². The van der Waals surface area contributed by atoms with Crippen LogP contribution in [0.3, 0.4) is 0 Å². The number of likely N-dealkylation sites (tertiary alicyclic amines) is 1. The third-order valence-corrected chi connectivity index (χ3v) is 3.71. The lowest BCUT2D eigenvalue weighted by Gasteiger charge is -2.36. The molecule has 1 fully saturated rings. The minimum atomic E-state index is 0.673. The summed E-state index contributed by atoms with van der Waals surface area (Å²) < 4.78 is 2.00. The molecule has 4 heteroatoms. The zero-order valence-electron chi connectivity index (χ0n) is 10.0. The van der Waals surface area contributed by atoms with E-state index >= 15 is 0 Å². The predicted molar refractivity (Wildman–Crippen MR) is 65.0 cm³/mol. The molecule has 1 saturated heterocycles. The van der Waals surface area contributed by atoms with Crippen LogP contribution in [-0.2, 0) is 6.54 Å². The van der Waals surface area contributed by atoms with E-state index in [0.29, 0.717) is 5.92 Å². The van der Waals surface area contributed by atoms with Crippen molar-refractivity contribution in [3.8, 4) is 0 Å². The van der Waals surface area contributed by atoms with E-state index in [1.54, 1.807) is 0 Å². The molecule has 0 spiro atoms. The fraction of sp³-hybridized carbons (Fsp3) is 0.750. The Morgan fingerprint density at radius 3 is 3.00 bits per heavy atom. The van der Waals surface area contributed by atoms with Crippen molar-refractivity contribution in [3.05, 3.63) is 18.5 Å². The van der Waals surface area contributed by atoms with Crippen LogP contribution < -0.4 is 5.73 Å². The number of nitrogens with zero attached hydrogens (tertiary/aromatic N) is 3. The summed E-state index contributed by atoms with van der Waals surface area (Å²) in [5.74, 6) is 1.46. The average molecular weight is 222 g/mol. The van der Waals surface area contributed by atoms with Crippen LogP contribution in [0.1, 0.15) is 13.3 Å². The van der Waals surface area contributed by atoms with Gasteiger partial charge in [0.25, 0.3) is 0 Å². The van der Waals surface area contributed by atoms with E-state index in [1.165, 1.54) is 13.0 Å². The minimum absolute atomic E-state index is 0.673. The van der Waals surface area contributed by atoms with Crippen LogP contribution in [-0.4, -0.2) is 40.9 Å². The Morgan fingerprint density at radius 1 is 1.44 bits per heavy atom. The predicted octanol–water partition coefficient (Wildman–Crippen LogP) is 0.800. The van der Waals surface area contributed by atoms with E-state index in [4.69, 9.17) is 5.73 Å². The molecular weight excluding hydrogens is 200 g/mol. The van der Waals surface area contributed by atoms with Gasteiger partial charge >= 0.3 is 0 Å². The maximum absolute atomic E-state index is 5.80. The number of piperidine rings is 1. The van der Waals surface area contributed by atoms with Gasteiger partial charge in [0.15, 0.2) is 0 Å². The molecule has 2 N–H and O–H groups in total. The number of rotatable bonds is 4. The summed E-state index contributed by atoms with van der Waals surface area (Å²) in [6.45, 7) is 7.57.